The van der Waals surface area contributed by atoms with Crippen LogP contribution in [0.1, 0.15) is 22.3 Å². The zero-order valence-electron chi connectivity index (χ0n) is 30.7. The average Bonchev–Trinajstić information content (AvgIpc) is 4.10. The Morgan fingerprint density at radius 1 is 0.456 bits per heavy atom. The van der Waals surface area contributed by atoms with Gasteiger partial charge >= 0.3 is 0 Å². The first-order chi connectivity index (χ1) is 28.2. The molecule has 0 atom stereocenters. The molecule has 0 amide bonds. The van der Waals surface area contributed by atoms with E-state index in [9.17, 15) is 0 Å². The Morgan fingerprint density at radius 3 is 1.51 bits per heavy atom. The number of nitrogens with one attached hydrogen (secondary N) is 2. The Morgan fingerprint density at radius 2 is 0.930 bits per heavy atom. The van der Waals surface area contributed by atoms with Crippen molar-refractivity contribution in [3.8, 4) is 0 Å². The number of aromatic amines is 1. The van der Waals surface area contributed by atoms with Crippen LogP contribution in [0, 0.1) is 0 Å². The standard InChI is InChI=1S/C51H34BrN5/c52-38-21-23-39(24-22-38)53-32-37-31-46-49(35-17-9-3-10-18-35)44-28-27-42(55-44)47(33-13-5-1-6-14-33)40-25-26-41(54-40)48(34-15-7-2-8-16-34)43-29-30-45(56-43)50(51(37)57-46)36-19-11-4-12-20-36/h1-32,53,55H. The summed E-state index contributed by atoms with van der Waals surface area (Å²) < 4.78 is 1.02. The SMILES string of the molecule is Brc1ccc(NC=C2C=C3N=C2C(c2ccccc2)=C2C=CC(=N2)C(c2ccccc2)=C2C=CC(=N2)C(c2ccccc2)=c2ccc([nH]2)=C3c2ccccc2)cc1. The normalized spacial score (nSPS) is 16.6. The lowest BCUT2D eigenvalue weighted by molar-refractivity contribution is 1.24. The summed E-state index contributed by atoms with van der Waals surface area (Å²) in [6.45, 7) is 0. The molecule has 10 rings (SSSR count). The van der Waals surface area contributed by atoms with Gasteiger partial charge in [0, 0.05) is 54.9 Å². The first-order valence-electron chi connectivity index (χ1n) is 18.9. The highest BCUT2D eigenvalue weighted by Gasteiger charge is 2.28. The van der Waals surface area contributed by atoms with Gasteiger partial charge in [-0.15, -0.1) is 0 Å². The molecule has 0 unspecified atom stereocenters. The predicted octanol–water partition coefficient (Wildman–Crippen LogP) is 10.4. The average molecular weight is 797 g/mol. The summed E-state index contributed by atoms with van der Waals surface area (Å²) in [7, 11) is 0. The van der Waals surface area contributed by atoms with Crippen LogP contribution in [0.3, 0.4) is 0 Å². The summed E-state index contributed by atoms with van der Waals surface area (Å²) in [5.74, 6) is 0. The molecule has 5 aromatic carbocycles. The number of hydrogen-bond acceptors (Lipinski definition) is 4. The number of anilines is 1. The van der Waals surface area contributed by atoms with E-state index in [1.165, 1.54) is 0 Å². The number of aliphatic imine (C=N–C) groups is 3. The molecule has 0 saturated heterocycles. The van der Waals surface area contributed by atoms with Gasteiger partial charge in [-0.05, 0) is 89.0 Å². The molecule has 0 radical (unpaired) electrons. The van der Waals surface area contributed by atoms with E-state index < -0.39 is 0 Å². The number of aromatic nitrogens is 1. The van der Waals surface area contributed by atoms with E-state index in [-0.39, 0.29) is 0 Å². The third kappa shape index (κ3) is 6.66. The third-order valence-electron chi connectivity index (χ3n) is 10.3. The summed E-state index contributed by atoms with van der Waals surface area (Å²) in [6, 6.07) is 54.3. The van der Waals surface area contributed by atoms with Gasteiger partial charge in [-0.1, -0.05) is 137 Å². The minimum absolute atomic E-state index is 0.823. The molecule has 8 bridgehead atoms. The molecule has 1 aromatic heterocycles. The maximum atomic E-state index is 5.58. The van der Waals surface area contributed by atoms with Crippen molar-refractivity contribution in [2.75, 3.05) is 5.32 Å². The summed E-state index contributed by atoms with van der Waals surface area (Å²) in [5.41, 5.74) is 15.0. The lowest BCUT2D eigenvalue weighted by Gasteiger charge is -2.13. The van der Waals surface area contributed by atoms with Crippen molar-refractivity contribution >= 4 is 61.0 Å². The largest absolute Gasteiger partial charge is 0.361 e. The number of rotatable bonds is 6. The van der Waals surface area contributed by atoms with Crippen molar-refractivity contribution in [2.24, 2.45) is 15.0 Å². The van der Waals surface area contributed by atoms with Crippen LogP contribution in [-0.4, -0.2) is 22.1 Å². The maximum Gasteiger partial charge on any atom is 0.0825 e. The van der Waals surface area contributed by atoms with Crippen LogP contribution < -0.4 is 16.0 Å². The van der Waals surface area contributed by atoms with E-state index in [1.807, 2.05) is 36.4 Å². The second-order valence-corrected chi connectivity index (χ2v) is 14.8. The number of H-pyrrole nitrogens is 1. The van der Waals surface area contributed by atoms with E-state index >= 15 is 0 Å². The molecule has 6 heteroatoms. The van der Waals surface area contributed by atoms with Gasteiger partial charge in [-0.3, -0.25) is 0 Å². The van der Waals surface area contributed by atoms with Gasteiger partial charge < -0.3 is 10.3 Å². The molecule has 270 valence electrons. The summed E-state index contributed by atoms with van der Waals surface area (Å²) >= 11 is 3.58. The molecule has 2 N–H and O–H groups in total. The Kier molecular flexibility index (Phi) is 8.94. The number of nitrogens with zero attached hydrogens (tertiary/aromatic N) is 3. The van der Waals surface area contributed by atoms with Crippen LogP contribution in [0.15, 0.2) is 236 Å². The fraction of sp³-hybridized carbons (Fsp3) is 0. The van der Waals surface area contributed by atoms with Crippen molar-refractivity contribution < 1.29 is 0 Å². The van der Waals surface area contributed by atoms with Gasteiger partial charge in [-0.25, -0.2) is 15.0 Å². The number of allylic oxidation sites excluding steroid dienone is 9. The van der Waals surface area contributed by atoms with Crippen LogP contribution in [0.25, 0.3) is 22.3 Å². The fourth-order valence-corrected chi connectivity index (χ4v) is 7.95. The second-order valence-electron chi connectivity index (χ2n) is 13.9. The second kappa shape index (κ2) is 14.8. The Hall–Kier alpha value is -7.15. The molecule has 0 spiro atoms. The molecule has 5 heterocycles. The molecule has 0 aliphatic carbocycles. The van der Waals surface area contributed by atoms with Crippen LogP contribution in [0.5, 0.6) is 0 Å². The number of benzene rings is 5. The monoisotopic (exact) mass is 795 g/mol. The van der Waals surface area contributed by atoms with E-state index in [4.69, 9.17) is 15.0 Å². The van der Waals surface area contributed by atoms with Gasteiger partial charge in [0.1, 0.15) is 0 Å². The third-order valence-corrected chi connectivity index (χ3v) is 10.8. The van der Waals surface area contributed by atoms with Gasteiger partial charge in [-0.2, -0.15) is 0 Å². The zero-order valence-corrected chi connectivity index (χ0v) is 32.3. The van der Waals surface area contributed by atoms with Crippen LogP contribution >= 0.6 is 15.9 Å². The lowest BCUT2D eigenvalue weighted by atomic mass is 9.94. The predicted molar refractivity (Wildman–Crippen MR) is 239 cm³/mol. The van der Waals surface area contributed by atoms with E-state index in [1.54, 1.807) is 0 Å². The quantitative estimate of drug-likeness (QED) is 0.173. The van der Waals surface area contributed by atoms with Crippen LogP contribution in [0.4, 0.5) is 5.69 Å². The summed E-state index contributed by atoms with van der Waals surface area (Å²) in [4.78, 5) is 20.3. The van der Waals surface area contributed by atoms with Gasteiger partial charge in [0.15, 0.2) is 0 Å². The highest BCUT2D eigenvalue weighted by molar-refractivity contribution is 9.10. The van der Waals surface area contributed by atoms with Crippen molar-refractivity contribution in [1.82, 2.24) is 4.98 Å². The Labute approximate surface area is 339 Å². The van der Waals surface area contributed by atoms with E-state index in [0.717, 1.165) is 105 Å². The Balaban J connectivity index is 1.32. The first-order valence-corrected chi connectivity index (χ1v) is 19.7. The summed E-state index contributed by atoms with van der Waals surface area (Å²) in [6.07, 6.45) is 12.7. The van der Waals surface area contributed by atoms with E-state index in [0.29, 0.717) is 0 Å². The van der Waals surface area contributed by atoms with Crippen LogP contribution in [0.2, 0.25) is 0 Å². The highest BCUT2D eigenvalue weighted by atomic mass is 79.9. The van der Waals surface area contributed by atoms with Crippen molar-refractivity contribution in [3.63, 3.8) is 0 Å². The zero-order chi connectivity index (χ0) is 38.1. The topological polar surface area (TPSA) is 64.9 Å². The van der Waals surface area contributed by atoms with Crippen molar-refractivity contribution in [3.05, 3.63) is 254 Å². The molecule has 0 saturated carbocycles. The van der Waals surface area contributed by atoms with Crippen molar-refractivity contribution in [2.45, 2.75) is 0 Å². The molecule has 4 aliphatic heterocycles. The molecular weight excluding hydrogens is 762 g/mol. The fourth-order valence-electron chi connectivity index (χ4n) is 7.68. The molecule has 5 nitrogen and oxygen atoms in total. The van der Waals surface area contributed by atoms with Gasteiger partial charge in [0.25, 0.3) is 0 Å². The van der Waals surface area contributed by atoms with Gasteiger partial charge in [0.2, 0.25) is 0 Å². The molecule has 4 aliphatic rings. The number of fused-ring (bicyclic) bond motifs is 5. The molecule has 6 aromatic rings. The maximum absolute atomic E-state index is 5.58. The molecule has 57 heavy (non-hydrogen) atoms. The smallest absolute Gasteiger partial charge is 0.0825 e. The Bertz CT molecular complexity index is 2980. The van der Waals surface area contributed by atoms with Crippen LogP contribution in [-0.2, 0) is 0 Å². The molecule has 0 fully saturated rings. The number of halogens is 1. The highest BCUT2D eigenvalue weighted by Crippen LogP contribution is 2.38. The number of hydrogen-bond donors (Lipinski definition) is 2. The van der Waals surface area contributed by atoms with Crippen molar-refractivity contribution in [1.29, 1.82) is 0 Å². The van der Waals surface area contributed by atoms with E-state index in [2.05, 4.69) is 184 Å². The lowest BCUT2D eigenvalue weighted by Crippen LogP contribution is -2.19. The minimum Gasteiger partial charge on any atom is -0.361 e. The van der Waals surface area contributed by atoms with Gasteiger partial charge in [0.05, 0.1) is 34.2 Å². The first kappa shape index (κ1) is 34.3. The summed E-state index contributed by atoms with van der Waals surface area (Å²) in [5, 5.41) is 5.48. The minimum atomic E-state index is 0.823. The molecular formula is C51H34BrN5.